The molecule has 5 nitrogen and oxygen atoms in total. The van der Waals surface area contributed by atoms with Crippen LogP contribution >= 0.6 is 11.6 Å². The number of benzene rings is 2. The SMILES string of the molecule is Cc1oc(C(=O)NCCC2CCN(Cc3ccccc3)CC2)nc1-c1ccc(Cl)cc1. The quantitative estimate of drug-likeness (QED) is 0.542. The monoisotopic (exact) mass is 437 g/mol. The number of halogens is 1. The fourth-order valence-corrected chi connectivity index (χ4v) is 4.24. The number of piperidine rings is 1. The number of nitrogens with zero attached hydrogens (tertiary/aromatic N) is 2. The van der Waals surface area contributed by atoms with Crippen molar-refractivity contribution in [2.75, 3.05) is 19.6 Å². The molecule has 31 heavy (non-hydrogen) atoms. The number of aryl methyl sites for hydroxylation is 1. The number of aromatic nitrogens is 1. The van der Waals surface area contributed by atoms with Crippen LogP contribution in [-0.2, 0) is 6.54 Å². The molecule has 0 radical (unpaired) electrons. The van der Waals surface area contributed by atoms with Gasteiger partial charge < -0.3 is 9.73 Å². The van der Waals surface area contributed by atoms with Crippen LogP contribution in [-0.4, -0.2) is 35.4 Å². The van der Waals surface area contributed by atoms with Gasteiger partial charge in [0.2, 0.25) is 0 Å². The van der Waals surface area contributed by atoms with Gasteiger partial charge in [-0.05, 0) is 62.9 Å². The smallest absolute Gasteiger partial charge is 0.307 e. The maximum Gasteiger partial charge on any atom is 0.307 e. The Kier molecular flexibility index (Phi) is 7.05. The fraction of sp³-hybridized carbons (Fsp3) is 0.360. The average Bonchev–Trinajstić information content (AvgIpc) is 3.18. The maximum absolute atomic E-state index is 12.5. The van der Waals surface area contributed by atoms with E-state index in [2.05, 4.69) is 45.5 Å². The fourth-order valence-electron chi connectivity index (χ4n) is 4.11. The molecule has 4 rings (SSSR count). The van der Waals surface area contributed by atoms with Crippen molar-refractivity contribution in [2.24, 2.45) is 5.92 Å². The molecule has 2 heterocycles. The van der Waals surface area contributed by atoms with Crippen molar-refractivity contribution in [1.29, 1.82) is 0 Å². The second-order valence-electron chi connectivity index (χ2n) is 8.18. The Bertz CT molecular complexity index is 993. The number of oxazole rings is 1. The van der Waals surface area contributed by atoms with E-state index in [9.17, 15) is 4.79 Å². The molecule has 6 heteroatoms. The van der Waals surface area contributed by atoms with E-state index in [4.69, 9.17) is 16.0 Å². The summed E-state index contributed by atoms with van der Waals surface area (Å²) in [6.07, 6.45) is 3.32. The zero-order valence-corrected chi connectivity index (χ0v) is 18.6. The van der Waals surface area contributed by atoms with Gasteiger partial charge in [-0.25, -0.2) is 4.98 Å². The maximum atomic E-state index is 12.5. The highest BCUT2D eigenvalue weighted by Gasteiger charge is 2.21. The van der Waals surface area contributed by atoms with E-state index in [0.29, 0.717) is 28.9 Å². The molecule has 0 bridgehead atoms. The normalized spacial score (nSPS) is 15.2. The highest BCUT2D eigenvalue weighted by Crippen LogP contribution is 2.25. The summed E-state index contributed by atoms with van der Waals surface area (Å²) < 4.78 is 5.61. The van der Waals surface area contributed by atoms with Crippen LogP contribution in [0.25, 0.3) is 11.3 Å². The summed E-state index contributed by atoms with van der Waals surface area (Å²) in [5, 5.41) is 3.63. The van der Waals surface area contributed by atoms with Crippen LogP contribution < -0.4 is 5.32 Å². The van der Waals surface area contributed by atoms with Gasteiger partial charge in [-0.2, -0.15) is 0 Å². The van der Waals surface area contributed by atoms with Crippen molar-refractivity contribution in [2.45, 2.75) is 32.7 Å². The van der Waals surface area contributed by atoms with E-state index in [1.165, 1.54) is 18.4 Å². The van der Waals surface area contributed by atoms with Gasteiger partial charge in [-0.15, -0.1) is 0 Å². The van der Waals surface area contributed by atoms with Crippen molar-refractivity contribution in [3.63, 3.8) is 0 Å². The average molecular weight is 438 g/mol. The molecule has 1 aromatic heterocycles. The predicted molar refractivity (Wildman–Crippen MR) is 123 cm³/mol. The molecule has 1 fully saturated rings. The second kappa shape index (κ2) is 10.1. The molecule has 0 atom stereocenters. The molecule has 1 N–H and O–H groups in total. The van der Waals surface area contributed by atoms with Gasteiger partial charge >= 0.3 is 5.91 Å². The minimum atomic E-state index is -0.259. The van der Waals surface area contributed by atoms with E-state index in [0.717, 1.165) is 31.6 Å². The molecule has 162 valence electrons. The van der Waals surface area contributed by atoms with Gasteiger partial charge in [0.05, 0.1) is 0 Å². The first-order valence-corrected chi connectivity index (χ1v) is 11.2. The lowest BCUT2D eigenvalue weighted by Crippen LogP contribution is -2.34. The molecule has 0 spiro atoms. The molecule has 0 unspecified atom stereocenters. The molecule has 2 aromatic carbocycles. The van der Waals surface area contributed by atoms with Crippen molar-refractivity contribution in [3.8, 4) is 11.3 Å². The van der Waals surface area contributed by atoms with Crippen molar-refractivity contribution >= 4 is 17.5 Å². The number of carbonyl (C=O) groups excluding carboxylic acids is 1. The van der Waals surface area contributed by atoms with Gasteiger partial charge in [-0.3, -0.25) is 9.69 Å². The van der Waals surface area contributed by atoms with Gasteiger partial charge in [-0.1, -0.05) is 54.1 Å². The number of rotatable bonds is 7. The Labute approximate surface area is 188 Å². The van der Waals surface area contributed by atoms with E-state index in [1.54, 1.807) is 12.1 Å². The first-order valence-electron chi connectivity index (χ1n) is 10.9. The largest absolute Gasteiger partial charge is 0.437 e. The predicted octanol–water partition coefficient (Wildman–Crippen LogP) is 5.34. The van der Waals surface area contributed by atoms with Gasteiger partial charge in [0.25, 0.3) is 5.89 Å². The Morgan fingerprint density at radius 1 is 1.13 bits per heavy atom. The van der Waals surface area contributed by atoms with Gasteiger partial charge in [0.1, 0.15) is 11.5 Å². The molecular weight excluding hydrogens is 410 g/mol. The molecule has 1 aliphatic rings. The molecule has 0 saturated carbocycles. The third-order valence-electron chi connectivity index (χ3n) is 5.90. The van der Waals surface area contributed by atoms with Crippen LogP contribution in [0.5, 0.6) is 0 Å². The van der Waals surface area contributed by atoms with Crippen LogP contribution in [0.2, 0.25) is 5.02 Å². The van der Waals surface area contributed by atoms with Crippen molar-refractivity contribution in [1.82, 2.24) is 15.2 Å². The van der Waals surface area contributed by atoms with Gasteiger partial charge in [0, 0.05) is 23.7 Å². The number of likely N-dealkylation sites (tertiary alicyclic amines) is 1. The number of nitrogens with one attached hydrogen (secondary N) is 1. The Morgan fingerprint density at radius 3 is 2.55 bits per heavy atom. The minimum Gasteiger partial charge on any atom is -0.437 e. The lowest BCUT2D eigenvalue weighted by molar-refractivity contribution is 0.0912. The van der Waals surface area contributed by atoms with E-state index >= 15 is 0 Å². The van der Waals surface area contributed by atoms with Crippen LogP contribution in [0.3, 0.4) is 0 Å². The highest BCUT2D eigenvalue weighted by atomic mass is 35.5. The van der Waals surface area contributed by atoms with Crippen LogP contribution in [0, 0.1) is 12.8 Å². The van der Waals surface area contributed by atoms with Crippen molar-refractivity contribution in [3.05, 3.63) is 76.8 Å². The first kappa shape index (κ1) is 21.6. The lowest BCUT2D eigenvalue weighted by Gasteiger charge is -2.32. The van der Waals surface area contributed by atoms with Crippen molar-refractivity contribution < 1.29 is 9.21 Å². The Balaban J connectivity index is 1.22. The Morgan fingerprint density at radius 2 is 1.84 bits per heavy atom. The lowest BCUT2D eigenvalue weighted by atomic mass is 9.93. The summed E-state index contributed by atoms with van der Waals surface area (Å²) in [6.45, 7) is 5.69. The third kappa shape index (κ3) is 5.75. The number of hydrogen-bond donors (Lipinski definition) is 1. The molecule has 3 aromatic rings. The molecular formula is C25H28ClN3O2. The molecule has 1 saturated heterocycles. The summed E-state index contributed by atoms with van der Waals surface area (Å²) in [6, 6.07) is 18.0. The Hall–Kier alpha value is -2.63. The molecule has 0 aliphatic carbocycles. The zero-order valence-electron chi connectivity index (χ0n) is 17.8. The summed E-state index contributed by atoms with van der Waals surface area (Å²) in [4.78, 5) is 19.4. The number of hydrogen-bond acceptors (Lipinski definition) is 4. The summed E-state index contributed by atoms with van der Waals surface area (Å²) >= 11 is 5.95. The third-order valence-corrected chi connectivity index (χ3v) is 6.15. The summed E-state index contributed by atoms with van der Waals surface area (Å²) in [5.41, 5.74) is 2.92. The minimum absolute atomic E-state index is 0.111. The molecule has 1 amide bonds. The summed E-state index contributed by atoms with van der Waals surface area (Å²) in [5.74, 6) is 1.12. The molecule has 1 aliphatic heterocycles. The van der Waals surface area contributed by atoms with E-state index in [-0.39, 0.29) is 11.8 Å². The first-order chi connectivity index (χ1) is 15.1. The van der Waals surface area contributed by atoms with Crippen LogP contribution in [0.4, 0.5) is 0 Å². The van der Waals surface area contributed by atoms with Gasteiger partial charge in [0.15, 0.2) is 0 Å². The number of carbonyl (C=O) groups is 1. The standard InChI is InChI=1S/C25H28ClN3O2/c1-18-23(21-7-9-22(26)10-8-21)28-25(31-18)24(30)27-14-11-19-12-15-29(16-13-19)17-20-5-3-2-4-6-20/h2-10,19H,11-17H2,1H3,(H,27,30). The van der Waals surface area contributed by atoms with E-state index < -0.39 is 0 Å². The highest BCUT2D eigenvalue weighted by molar-refractivity contribution is 6.30. The second-order valence-corrected chi connectivity index (χ2v) is 8.62. The topological polar surface area (TPSA) is 58.4 Å². The number of amides is 1. The van der Waals surface area contributed by atoms with Crippen LogP contribution in [0.15, 0.2) is 59.0 Å². The van der Waals surface area contributed by atoms with E-state index in [1.807, 2.05) is 19.1 Å². The zero-order chi connectivity index (χ0) is 21.6. The summed E-state index contributed by atoms with van der Waals surface area (Å²) in [7, 11) is 0. The van der Waals surface area contributed by atoms with Crippen LogP contribution in [0.1, 0.15) is 41.3 Å².